The van der Waals surface area contributed by atoms with Crippen LogP contribution in [0.3, 0.4) is 0 Å². The van der Waals surface area contributed by atoms with Crippen molar-refractivity contribution in [1.29, 1.82) is 0 Å². The molecule has 1 aliphatic rings. The van der Waals surface area contributed by atoms with Gasteiger partial charge in [-0.15, -0.1) is 0 Å². The van der Waals surface area contributed by atoms with Gasteiger partial charge in [0.2, 0.25) is 0 Å². The molecule has 2 aromatic rings. The minimum Gasteiger partial charge on any atom is -0.545 e. The van der Waals surface area contributed by atoms with Crippen LogP contribution in [0, 0.1) is 0 Å². The van der Waals surface area contributed by atoms with Crippen molar-refractivity contribution in [3.63, 3.8) is 0 Å². The van der Waals surface area contributed by atoms with Gasteiger partial charge in [0.15, 0.2) is 0 Å². The molecular formula is C19H15N2O4-. The van der Waals surface area contributed by atoms with Crippen molar-refractivity contribution in [3.05, 3.63) is 65.2 Å². The molecule has 0 unspecified atom stereocenters. The maximum absolute atomic E-state index is 12.7. The van der Waals surface area contributed by atoms with Gasteiger partial charge in [-0.3, -0.25) is 4.79 Å². The van der Waals surface area contributed by atoms with Crippen LogP contribution in [0.15, 0.2) is 59.2 Å². The molecule has 0 saturated carbocycles. The fourth-order valence-electron chi connectivity index (χ4n) is 2.54. The van der Waals surface area contributed by atoms with Crippen LogP contribution in [0.4, 0.5) is 5.69 Å². The summed E-state index contributed by atoms with van der Waals surface area (Å²) in [6.45, 7) is 1.74. The number of carboxylic acid groups (broad SMARTS) is 1. The lowest BCUT2D eigenvalue weighted by atomic mass is 10.1. The number of hydrogen-bond acceptors (Lipinski definition) is 5. The predicted octanol–water partition coefficient (Wildman–Crippen LogP) is 1.86. The smallest absolute Gasteiger partial charge is 0.280 e. The molecule has 2 aromatic carbocycles. The highest BCUT2D eigenvalue weighted by Crippen LogP contribution is 2.27. The standard InChI is InChI=1S/C19H16N2O4/c1-12-16(11-14-5-3-4-6-17(14)25-2)18(22)21(20-12)15-9-7-13(8-10-15)19(23)24/h3-11H,1-2H3,(H,23,24)/p-1/b16-11-. The Morgan fingerprint density at radius 3 is 2.48 bits per heavy atom. The van der Waals surface area contributed by atoms with E-state index in [1.165, 1.54) is 29.3 Å². The van der Waals surface area contributed by atoms with Gasteiger partial charge in [0, 0.05) is 5.56 Å². The summed E-state index contributed by atoms with van der Waals surface area (Å²) in [5.41, 5.74) is 2.32. The quantitative estimate of drug-likeness (QED) is 0.799. The number of carboxylic acids is 1. The first-order chi connectivity index (χ1) is 12.0. The van der Waals surface area contributed by atoms with Crippen molar-refractivity contribution >= 4 is 29.4 Å². The van der Waals surface area contributed by atoms with Gasteiger partial charge in [-0.1, -0.05) is 30.3 Å². The number of anilines is 1. The van der Waals surface area contributed by atoms with Crippen LogP contribution in [0.1, 0.15) is 22.8 Å². The van der Waals surface area contributed by atoms with Gasteiger partial charge in [-0.25, -0.2) is 0 Å². The Bertz CT molecular complexity index is 898. The summed E-state index contributed by atoms with van der Waals surface area (Å²) in [6.07, 6.45) is 1.73. The zero-order valence-corrected chi connectivity index (χ0v) is 13.7. The van der Waals surface area contributed by atoms with Crippen molar-refractivity contribution in [2.75, 3.05) is 12.1 Å². The average Bonchev–Trinajstić information content (AvgIpc) is 2.90. The Morgan fingerprint density at radius 1 is 1.16 bits per heavy atom. The van der Waals surface area contributed by atoms with E-state index in [1.54, 1.807) is 20.1 Å². The highest BCUT2D eigenvalue weighted by Gasteiger charge is 2.28. The summed E-state index contributed by atoms with van der Waals surface area (Å²) in [5, 5.41) is 16.3. The number of hydrogen-bond donors (Lipinski definition) is 0. The molecule has 0 aliphatic carbocycles. The minimum atomic E-state index is -1.27. The maximum atomic E-state index is 12.7. The van der Waals surface area contributed by atoms with E-state index in [0.29, 0.717) is 22.7 Å². The lowest BCUT2D eigenvalue weighted by Gasteiger charge is -2.12. The van der Waals surface area contributed by atoms with Gasteiger partial charge in [-0.05, 0) is 36.8 Å². The maximum Gasteiger partial charge on any atom is 0.280 e. The minimum absolute atomic E-state index is 0.0425. The van der Waals surface area contributed by atoms with Crippen LogP contribution in [-0.4, -0.2) is 24.7 Å². The molecule has 3 rings (SSSR count). The molecule has 6 nitrogen and oxygen atoms in total. The molecule has 1 heterocycles. The molecule has 0 radical (unpaired) electrons. The molecule has 0 N–H and O–H groups in total. The zero-order valence-electron chi connectivity index (χ0n) is 13.7. The number of carbonyl (C=O) groups is 2. The van der Waals surface area contributed by atoms with Gasteiger partial charge in [0.25, 0.3) is 5.91 Å². The van der Waals surface area contributed by atoms with Crippen LogP contribution in [0.5, 0.6) is 5.75 Å². The number of carbonyl (C=O) groups excluding carboxylic acids is 2. The van der Waals surface area contributed by atoms with E-state index in [0.717, 1.165) is 5.56 Å². The first-order valence-corrected chi connectivity index (χ1v) is 7.57. The van der Waals surface area contributed by atoms with Gasteiger partial charge >= 0.3 is 0 Å². The molecule has 6 heteroatoms. The van der Waals surface area contributed by atoms with E-state index >= 15 is 0 Å². The SMILES string of the molecule is COc1ccccc1/C=C1\C(=O)N(c2ccc(C(=O)[O-])cc2)N=C1C. The Balaban J connectivity index is 1.93. The van der Waals surface area contributed by atoms with Crippen LogP contribution < -0.4 is 14.9 Å². The summed E-state index contributed by atoms with van der Waals surface area (Å²) in [5.74, 6) is -0.896. The van der Waals surface area contributed by atoms with Crippen LogP contribution >= 0.6 is 0 Å². The largest absolute Gasteiger partial charge is 0.545 e. The lowest BCUT2D eigenvalue weighted by Crippen LogP contribution is -2.23. The van der Waals surface area contributed by atoms with E-state index in [-0.39, 0.29) is 11.5 Å². The number of nitrogens with zero attached hydrogens (tertiary/aromatic N) is 2. The third kappa shape index (κ3) is 3.14. The number of amides is 1. The monoisotopic (exact) mass is 335 g/mol. The topological polar surface area (TPSA) is 82.0 Å². The highest BCUT2D eigenvalue weighted by atomic mass is 16.5. The molecule has 126 valence electrons. The Kier molecular flexibility index (Phi) is 4.35. The van der Waals surface area contributed by atoms with Crippen molar-refractivity contribution in [3.8, 4) is 5.75 Å². The molecule has 1 amide bonds. The first-order valence-electron chi connectivity index (χ1n) is 7.57. The van der Waals surface area contributed by atoms with Gasteiger partial charge < -0.3 is 14.6 Å². The van der Waals surface area contributed by atoms with Gasteiger partial charge in [0.1, 0.15) is 5.75 Å². The van der Waals surface area contributed by atoms with Crippen molar-refractivity contribution in [1.82, 2.24) is 0 Å². The molecule has 0 saturated heterocycles. The highest BCUT2D eigenvalue weighted by molar-refractivity contribution is 6.32. The molecule has 0 spiro atoms. The molecule has 25 heavy (non-hydrogen) atoms. The Morgan fingerprint density at radius 2 is 1.84 bits per heavy atom. The number of ether oxygens (including phenoxy) is 1. The second kappa shape index (κ2) is 6.60. The Hall–Kier alpha value is -3.41. The molecule has 0 bridgehead atoms. The summed E-state index contributed by atoms with van der Waals surface area (Å²) < 4.78 is 5.30. The fraction of sp³-hybridized carbons (Fsp3) is 0.105. The molecule has 1 aliphatic heterocycles. The van der Waals surface area contributed by atoms with E-state index in [2.05, 4.69) is 5.10 Å². The van der Waals surface area contributed by atoms with Gasteiger partial charge in [-0.2, -0.15) is 10.1 Å². The van der Waals surface area contributed by atoms with Gasteiger partial charge in [0.05, 0.1) is 30.1 Å². The van der Waals surface area contributed by atoms with Crippen LogP contribution in [-0.2, 0) is 4.79 Å². The molecular weight excluding hydrogens is 320 g/mol. The van der Waals surface area contributed by atoms with E-state index < -0.39 is 5.97 Å². The summed E-state index contributed by atoms with van der Waals surface area (Å²) in [4.78, 5) is 23.5. The van der Waals surface area contributed by atoms with E-state index in [4.69, 9.17) is 4.74 Å². The second-order valence-corrected chi connectivity index (χ2v) is 5.44. The summed E-state index contributed by atoms with van der Waals surface area (Å²) >= 11 is 0. The zero-order chi connectivity index (χ0) is 18.0. The Labute approximate surface area is 144 Å². The van der Waals surface area contributed by atoms with Crippen molar-refractivity contribution < 1.29 is 19.4 Å². The fourth-order valence-corrected chi connectivity index (χ4v) is 2.54. The third-order valence-electron chi connectivity index (χ3n) is 3.85. The van der Waals surface area contributed by atoms with E-state index in [1.807, 2.05) is 24.3 Å². The van der Waals surface area contributed by atoms with Crippen LogP contribution in [0.2, 0.25) is 0 Å². The first kappa shape index (κ1) is 16.4. The normalized spacial score (nSPS) is 15.4. The number of methoxy groups -OCH3 is 1. The van der Waals surface area contributed by atoms with Crippen molar-refractivity contribution in [2.24, 2.45) is 5.10 Å². The number of aromatic carboxylic acids is 1. The van der Waals surface area contributed by atoms with Crippen molar-refractivity contribution in [2.45, 2.75) is 6.92 Å². The molecule has 0 aromatic heterocycles. The molecule has 0 fully saturated rings. The number of benzene rings is 2. The third-order valence-corrected chi connectivity index (χ3v) is 3.85. The summed E-state index contributed by atoms with van der Waals surface area (Å²) in [6, 6.07) is 13.2. The lowest BCUT2D eigenvalue weighted by molar-refractivity contribution is -0.255. The molecule has 0 atom stereocenters. The number of hydrazone groups is 1. The predicted molar refractivity (Wildman–Crippen MR) is 92.3 cm³/mol. The average molecular weight is 335 g/mol. The number of para-hydroxylation sites is 1. The number of rotatable bonds is 4. The summed E-state index contributed by atoms with van der Waals surface area (Å²) in [7, 11) is 1.57. The second-order valence-electron chi connectivity index (χ2n) is 5.44. The van der Waals surface area contributed by atoms with E-state index in [9.17, 15) is 14.7 Å². The van der Waals surface area contributed by atoms with Crippen LogP contribution in [0.25, 0.3) is 6.08 Å².